The maximum absolute atomic E-state index is 12.5. The fourth-order valence-electron chi connectivity index (χ4n) is 2.68. The summed E-state index contributed by atoms with van der Waals surface area (Å²) in [6.45, 7) is 3.47. The Morgan fingerprint density at radius 2 is 1.74 bits per heavy atom. The normalized spacial score (nSPS) is 11.5. The van der Waals surface area contributed by atoms with Crippen LogP contribution in [0.4, 0.5) is 5.69 Å². The fourth-order valence-corrected chi connectivity index (χ4v) is 2.81. The summed E-state index contributed by atoms with van der Waals surface area (Å²) in [4.78, 5) is 24.5. The van der Waals surface area contributed by atoms with Crippen molar-refractivity contribution in [2.75, 3.05) is 11.9 Å². The molecule has 6 heteroatoms. The molecule has 0 aromatic heterocycles. The number of halogens is 1. The van der Waals surface area contributed by atoms with Gasteiger partial charge in [-0.25, -0.2) is 0 Å². The summed E-state index contributed by atoms with van der Waals surface area (Å²) in [7, 11) is 0. The second-order valence-corrected chi connectivity index (χ2v) is 6.90. The molecule has 2 rings (SSSR count). The molecule has 0 saturated heterocycles. The van der Waals surface area contributed by atoms with Crippen molar-refractivity contribution < 1.29 is 14.3 Å². The third kappa shape index (κ3) is 6.12. The number of nitrogens with one attached hydrogen (secondary N) is 1. The highest BCUT2D eigenvalue weighted by molar-refractivity contribution is 6.30. The lowest BCUT2D eigenvalue weighted by molar-refractivity contribution is -0.149. The molecule has 0 fully saturated rings. The van der Waals surface area contributed by atoms with E-state index in [1.54, 1.807) is 48.5 Å². The zero-order chi connectivity index (χ0) is 19.8. The molecule has 2 aromatic carbocycles. The highest BCUT2D eigenvalue weighted by Gasteiger charge is 2.26. The number of hydrogen-bond donors (Lipinski definition) is 1. The van der Waals surface area contributed by atoms with Crippen molar-refractivity contribution in [3.63, 3.8) is 0 Å². The van der Waals surface area contributed by atoms with Crippen molar-refractivity contribution in [1.82, 2.24) is 0 Å². The van der Waals surface area contributed by atoms with Gasteiger partial charge in [0.15, 0.2) is 6.61 Å². The predicted molar refractivity (Wildman–Crippen MR) is 104 cm³/mol. The number of anilines is 1. The van der Waals surface area contributed by atoms with E-state index in [2.05, 4.69) is 11.4 Å². The number of benzene rings is 2. The van der Waals surface area contributed by atoms with Crippen molar-refractivity contribution in [1.29, 1.82) is 5.26 Å². The molecular formula is C21H21ClN2O3. The van der Waals surface area contributed by atoms with E-state index < -0.39 is 17.8 Å². The van der Waals surface area contributed by atoms with Gasteiger partial charge in [-0.15, -0.1) is 0 Å². The average molecular weight is 385 g/mol. The molecule has 0 saturated carbocycles. The van der Waals surface area contributed by atoms with Gasteiger partial charge in [0.25, 0.3) is 5.91 Å². The van der Waals surface area contributed by atoms with E-state index in [4.69, 9.17) is 21.6 Å². The largest absolute Gasteiger partial charge is 0.455 e. The van der Waals surface area contributed by atoms with Crippen LogP contribution in [0.15, 0.2) is 48.5 Å². The van der Waals surface area contributed by atoms with E-state index in [0.29, 0.717) is 17.1 Å². The van der Waals surface area contributed by atoms with E-state index in [9.17, 15) is 9.59 Å². The first-order chi connectivity index (χ1) is 12.9. The number of esters is 1. The Morgan fingerprint density at radius 3 is 2.30 bits per heavy atom. The van der Waals surface area contributed by atoms with E-state index in [0.717, 1.165) is 11.1 Å². The number of carbonyl (C=O) groups excluding carboxylic acids is 2. The van der Waals surface area contributed by atoms with Gasteiger partial charge in [-0.2, -0.15) is 5.26 Å². The monoisotopic (exact) mass is 384 g/mol. The van der Waals surface area contributed by atoms with Crippen molar-refractivity contribution in [2.45, 2.75) is 26.2 Å². The minimum Gasteiger partial charge on any atom is -0.455 e. The number of hydrogen-bond acceptors (Lipinski definition) is 4. The summed E-state index contributed by atoms with van der Waals surface area (Å²) in [5, 5.41) is 11.9. The maximum Gasteiger partial charge on any atom is 0.314 e. The first-order valence-corrected chi connectivity index (χ1v) is 8.96. The Kier molecular flexibility index (Phi) is 7.39. The lowest BCUT2D eigenvalue weighted by atomic mass is 9.88. The molecule has 1 N–H and O–H groups in total. The molecule has 0 bridgehead atoms. The molecule has 27 heavy (non-hydrogen) atoms. The van der Waals surface area contributed by atoms with Crippen LogP contribution in [0.25, 0.3) is 0 Å². The molecule has 0 aliphatic carbocycles. The van der Waals surface area contributed by atoms with Crippen molar-refractivity contribution >= 4 is 29.2 Å². The molecule has 2 aromatic rings. The van der Waals surface area contributed by atoms with Crippen LogP contribution < -0.4 is 5.32 Å². The molecule has 0 heterocycles. The second-order valence-electron chi connectivity index (χ2n) is 6.46. The van der Waals surface area contributed by atoms with Crippen LogP contribution in [0.1, 0.15) is 30.9 Å². The number of carbonyl (C=O) groups is 2. The van der Waals surface area contributed by atoms with Crippen molar-refractivity contribution in [3.05, 3.63) is 64.7 Å². The van der Waals surface area contributed by atoms with Gasteiger partial charge >= 0.3 is 5.97 Å². The topological polar surface area (TPSA) is 79.2 Å². The minimum absolute atomic E-state index is 0.00872. The van der Waals surface area contributed by atoms with Gasteiger partial charge in [0, 0.05) is 10.7 Å². The molecular weight excluding hydrogens is 364 g/mol. The van der Waals surface area contributed by atoms with Crippen LogP contribution in [0, 0.1) is 17.2 Å². The molecule has 0 unspecified atom stereocenters. The zero-order valence-electron chi connectivity index (χ0n) is 15.2. The second kappa shape index (κ2) is 9.75. The molecule has 1 amide bonds. The quantitative estimate of drug-likeness (QED) is 0.720. The van der Waals surface area contributed by atoms with Gasteiger partial charge in [-0.3, -0.25) is 9.59 Å². The summed E-state index contributed by atoms with van der Waals surface area (Å²) in [5.41, 5.74) is 2.24. The van der Waals surface area contributed by atoms with E-state index in [1.807, 2.05) is 13.8 Å². The first-order valence-electron chi connectivity index (χ1n) is 8.58. The summed E-state index contributed by atoms with van der Waals surface area (Å²) < 4.78 is 5.22. The van der Waals surface area contributed by atoms with Gasteiger partial charge < -0.3 is 10.1 Å². The number of ether oxygens (including phenoxy) is 1. The van der Waals surface area contributed by atoms with Crippen molar-refractivity contribution in [3.8, 4) is 6.07 Å². The first kappa shape index (κ1) is 20.5. The Balaban J connectivity index is 1.93. The number of nitriles is 1. The van der Waals surface area contributed by atoms with Gasteiger partial charge in [0.05, 0.1) is 18.4 Å². The Bertz CT molecular complexity index is 824. The Labute approximate surface area is 163 Å². The lowest BCUT2D eigenvalue weighted by Gasteiger charge is -2.20. The summed E-state index contributed by atoms with van der Waals surface area (Å²) >= 11 is 5.90. The Hall–Kier alpha value is -2.84. The van der Waals surface area contributed by atoms with Gasteiger partial charge in [-0.05, 0) is 41.3 Å². The van der Waals surface area contributed by atoms with Crippen LogP contribution in [-0.2, 0) is 20.7 Å². The van der Waals surface area contributed by atoms with E-state index in [-0.39, 0.29) is 12.5 Å². The predicted octanol–water partition coefficient (Wildman–Crippen LogP) is 4.33. The summed E-state index contributed by atoms with van der Waals surface area (Å²) in [6.07, 6.45) is 0.313. The van der Waals surface area contributed by atoms with Gasteiger partial charge in [-0.1, -0.05) is 49.7 Å². The molecule has 5 nitrogen and oxygen atoms in total. The molecule has 0 spiro atoms. The highest BCUT2D eigenvalue weighted by atomic mass is 35.5. The molecule has 1 atom stereocenters. The van der Waals surface area contributed by atoms with Crippen LogP contribution in [0.5, 0.6) is 0 Å². The summed E-state index contributed by atoms with van der Waals surface area (Å²) in [6, 6.07) is 16.0. The third-order valence-electron chi connectivity index (χ3n) is 4.02. The number of amides is 1. The third-order valence-corrected chi connectivity index (χ3v) is 4.27. The molecule has 0 radical (unpaired) electrons. The lowest BCUT2D eigenvalue weighted by Crippen LogP contribution is -2.26. The van der Waals surface area contributed by atoms with Crippen LogP contribution >= 0.6 is 11.6 Å². The molecule has 0 aliphatic heterocycles. The van der Waals surface area contributed by atoms with E-state index >= 15 is 0 Å². The van der Waals surface area contributed by atoms with Crippen LogP contribution in [0.2, 0.25) is 5.02 Å². The minimum atomic E-state index is -0.472. The zero-order valence-corrected chi connectivity index (χ0v) is 16.0. The van der Waals surface area contributed by atoms with Crippen LogP contribution in [0.3, 0.4) is 0 Å². The molecule has 0 aliphatic rings. The summed E-state index contributed by atoms with van der Waals surface area (Å²) in [5.74, 6) is -1.34. The van der Waals surface area contributed by atoms with Crippen LogP contribution in [-0.4, -0.2) is 18.5 Å². The van der Waals surface area contributed by atoms with Gasteiger partial charge in [0.2, 0.25) is 0 Å². The highest BCUT2D eigenvalue weighted by Crippen LogP contribution is 2.27. The number of rotatable bonds is 7. The van der Waals surface area contributed by atoms with Crippen molar-refractivity contribution in [2.24, 2.45) is 5.92 Å². The Morgan fingerprint density at radius 1 is 1.11 bits per heavy atom. The maximum atomic E-state index is 12.5. The average Bonchev–Trinajstić information content (AvgIpc) is 2.63. The van der Waals surface area contributed by atoms with Gasteiger partial charge in [0.1, 0.15) is 0 Å². The molecule has 140 valence electrons. The standard InChI is InChI=1S/C21H21ClN2O3/c1-14(2)20(16-5-7-17(22)8-6-16)21(26)27-13-19(25)24-18-9-3-15(4-10-18)11-12-23/h3-10,14,20H,11,13H2,1-2H3,(H,24,25)/t20-/m0/s1. The van der Waals surface area contributed by atoms with E-state index in [1.165, 1.54) is 0 Å². The SMILES string of the molecule is CC(C)[C@H](C(=O)OCC(=O)Nc1ccc(CC#N)cc1)c1ccc(Cl)cc1. The fraction of sp³-hybridized carbons (Fsp3) is 0.286. The number of nitrogens with zero attached hydrogens (tertiary/aromatic N) is 1. The smallest absolute Gasteiger partial charge is 0.314 e.